The van der Waals surface area contributed by atoms with E-state index in [0.717, 1.165) is 69.4 Å². The van der Waals surface area contributed by atoms with Gasteiger partial charge in [-0.25, -0.2) is 4.39 Å². The maximum Gasteiger partial charge on any atom is 0.419 e. The number of H-pyrrole nitrogens is 1. The Morgan fingerprint density at radius 3 is 2.52 bits per heavy atom. The van der Waals surface area contributed by atoms with Crippen molar-refractivity contribution < 1.29 is 27.1 Å². The molecule has 0 atom stereocenters. The Hall–Kier alpha value is -2.30. The van der Waals surface area contributed by atoms with E-state index in [9.17, 15) is 22.4 Å². The van der Waals surface area contributed by atoms with E-state index < -0.39 is 17.6 Å². The number of rotatable bonds is 3. The minimum Gasteiger partial charge on any atom is -0.378 e. The molecule has 1 N–H and O–H groups in total. The zero-order valence-corrected chi connectivity index (χ0v) is 18.5. The van der Waals surface area contributed by atoms with E-state index in [1.807, 2.05) is 7.05 Å². The first-order valence-corrected chi connectivity index (χ1v) is 11.1. The van der Waals surface area contributed by atoms with Crippen molar-refractivity contribution in [3.8, 4) is 0 Å². The number of nitrogens with zero attached hydrogens (tertiary/aromatic N) is 3. The van der Waals surface area contributed by atoms with E-state index in [1.54, 1.807) is 0 Å². The molecule has 0 saturated carbocycles. The molecule has 180 valence electrons. The predicted octanol–water partition coefficient (Wildman–Crippen LogP) is 3.63. The zero-order valence-electron chi connectivity index (χ0n) is 18.5. The summed E-state index contributed by atoms with van der Waals surface area (Å²) in [6.45, 7) is 5.04. The second kappa shape index (κ2) is 9.90. The van der Waals surface area contributed by atoms with Crippen LogP contribution in [0.15, 0.2) is 18.2 Å². The van der Waals surface area contributed by atoms with Crippen LogP contribution in [0.2, 0.25) is 0 Å². The number of fused-ring (bicyclic) bond motifs is 1. The molecular weight excluding hydrogens is 440 g/mol. The summed E-state index contributed by atoms with van der Waals surface area (Å²) in [5.74, 6) is -1.37. The molecule has 0 radical (unpaired) electrons. The lowest BCUT2D eigenvalue weighted by Crippen LogP contribution is -2.50. The Morgan fingerprint density at radius 1 is 1.18 bits per heavy atom. The Labute approximate surface area is 189 Å². The van der Waals surface area contributed by atoms with Gasteiger partial charge >= 0.3 is 6.18 Å². The Balaban J connectivity index is 0.000000159. The number of halogens is 4. The number of carbonyl (C=O) groups excluding carboxylic acids is 1. The number of aldehydes is 1. The van der Waals surface area contributed by atoms with Gasteiger partial charge < -0.3 is 9.64 Å². The average Bonchev–Trinajstić information content (AvgIpc) is 3.15. The smallest absolute Gasteiger partial charge is 0.378 e. The summed E-state index contributed by atoms with van der Waals surface area (Å²) in [5.41, 5.74) is 1.79. The van der Waals surface area contributed by atoms with Gasteiger partial charge in [0.25, 0.3) is 0 Å². The molecule has 0 bridgehead atoms. The van der Waals surface area contributed by atoms with E-state index in [0.29, 0.717) is 24.6 Å². The number of carbonyl (C=O) groups is 1. The molecule has 5 rings (SSSR count). The van der Waals surface area contributed by atoms with E-state index in [1.165, 1.54) is 12.1 Å². The van der Waals surface area contributed by atoms with Crippen LogP contribution in [0.4, 0.5) is 17.6 Å². The topological polar surface area (TPSA) is 61.5 Å². The number of aromatic nitrogens is 2. The van der Waals surface area contributed by atoms with Crippen LogP contribution in [0.5, 0.6) is 0 Å². The zero-order chi connectivity index (χ0) is 23.6. The van der Waals surface area contributed by atoms with Gasteiger partial charge in [0.1, 0.15) is 11.5 Å². The average molecular weight is 468 g/mol. The summed E-state index contributed by atoms with van der Waals surface area (Å²) in [6, 6.07) is 4.20. The van der Waals surface area contributed by atoms with E-state index in [-0.39, 0.29) is 11.5 Å². The molecule has 4 heterocycles. The highest BCUT2D eigenvalue weighted by Crippen LogP contribution is 2.40. The van der Waals surface area contributed by atoms with Crippen molar-refractivity contribution in [2.75, 3.05) is 39.9 Å². The fourth-order valence-corrected chi connectivity index (χ4v) is 4.71. The summed E-state index contributed by atoms with van der Waals surface area (Å²) in [6.07, 6.45) is -1.59. The molecule has 0 aliphatic carbocycles. The van der Waals surface area contributed by atoms with Gasteiger partial charge in [-0.1, -0.05) is 12.1 Å². The van der Waals surface area contributed by atoms with Crippen molar-refractivity contribution in [2.24, 2.45) is 0 Å². The molecule has 10 heteroatoms. The maximum atomic E-state index is 13.4. The maximum absolute atomic E-state index is 13.4. The summed E-state index contributed by atoms with van der Waals surface area (Å²) >= 11 is 0. The van der Waals surface area contributed by atoms with Crippen LogP contribution in [0, 0.1) is 5.82 Å². The van der Waals surface area contributed by atoms with Gasteiger partial charge in [-0.2, -0.15) is 18.3 Å². The molecule has 2 fully saturated rings. The molecular formula is C23H28F4N4O2. The Bertz CT molecular complexity index is 966. The SMILES string of the molecule is CN1CCC(c2cccc(F)c2C(F)(F)F)CC1.O=Cc1n[nH]c2c1CCN(C1COC1)C2. The number of ether oxygens (including phenoxy) is 1. The van der Waals surface area contributed by atoms with Crippen LogP contribution in [0.25, 0.3) is 0 Å². The normalized spacial score (nSPS) is 20.5. The van der Waals surface area contributed by atoms with Crippen LogP contribution < -0.4 is 0 Å². The van der Waals surface area contributed by atoms with Crippen LogP contribution in [0.3, 0.4) is 0 Å². The third kappa shape index (κ3) is 5.28. The first kappa shape index (κ1) is 23.8. The van der Waals surface area contributed by atoms with Gasteiger partial charge in [0.05, 0.1) is 30.5 Å². The highest BCUT2D eigenvalue weighted by molar-refractivity contribution is 5.74. The van der Waals surface area contributed by atoms with Crippen molar-refractivity contribution in [3.05, 3.63) is 52.1 Å². The minimum atomic E-state index is -4.62. The van der Waals surface area contributed by atoms with E-state index in [4.69, 9.17) is 4.74 Å². The van der Waals surface area contributed by atoms with Crippen LogP contribution in [-0.4, -0.2) is 72.2 Å². The second-order valence-electron chi connectivity index (χ2n) is 8.87. The largest absolute Gasteiger partial charge is 0.419 e. The predicted molar refractivity (Wildman–Crippen MR) is 114 cm³/mol. The van der Waals surface area contributed by atoms with Crippen LogP contribution >= 0.6 is 0 Å². The first-order chi connectivity index (χ1) is 15.8. The lowest BCUT2D eigenvalue weighted by atomic mass is 9.86. The van der Waals surface area contributed by atoms with Crippen LogP contribution in [-0.2, 0) is 23.9 Å². The number of likely N-dealkylation sites (tertiary alicyclic amines) is 1. The van der Waals surface area contributed by atoms with E-state index >= 15 is 0 Å². The number of nitrogens with one attached hydrogen (secondary N) is 1. The summed E-state index contributed by atoms with van der Waals surface area (Å²) in [7, 11) is 1.94. The number of hydrogen-bond donors (Lipinski definition) is 1. The number of alkyl halides is 3. The van der Waals surface area contributed by atoms with Crippen LogP contribution in [0.1, 0.15) is 51.6 Å². The van der Waals surface area contributed by atoms with Crippen molar-refractivity contribution in [3.63, 3.8) is 0 Å². The van der Waals surface area contributed by atoms with Gasteiger partial charge in [-0.3, -0.25) is 14.8 Å². The highest BCUT2D eigenvalue weighted by atomic mass is 19.4. The summed E-state index contributed by atoms with van der Waals surface area (Å²) in [5, 5.41) is 6.95. The monoisotopic (exact) mass is 468 g/mol. The number of benzene rings is 1. The molecule has 3 aliphatic heterocycles. The van der Waals surface area contributed by atoms with Crippen molar-refractivity contribution in [2.45, 2.75) is 43.9 Å². The van der Waals surface area contributed by atoms with Gasteiger partial charge in [0.15, 0.2) is 6.29 Å². The Kier molecular flexibility index (Phi) is 7.16. The van der Waals surface area contributed by atoms with Crippen molar-refractivity contribution in [1.82, 2.24) is 20.0 Å². The second-order valence-corrected chi connectivity index (χ2v) is 8.87. The molecule has 0 amide bonds. The van der Waals surface area contributed by atoms with Gasteiger partial charge in [0.2, 0.25) is 0 Å². The van der Waals surface area contributed by atoms with Crippen molar-refractivity contribution in [1.29, 1.82) is 0 Å². The van der Waals surface area contributed by atoms with E-state index in [2.05, 4.69) is 20.0 Å². The fraction of sp³-hybridized carbons (Fsp3) is 0.565. The molecule has 1 aromatic carbocycles. The number of hydrogen-bond acceptors (Lipinski definition) is 5. The standard InChI is InChI=1S/C13H15F4N.C10H13N3O2/c1-18-7-5-9(6-8-18)10-3-2-4-11(14)12(10)13(15,16)17;14-4-10-8-1-2-13(7-5-15-6-7)3-9(8)11-12-10/h2-4,9H,5-8H2,1H3;4,7H,1-3,5-6H2,(H,11,12). The molecule has 2 saturated heterocycles. The Morgan fingerprint density at radius 2 is 1.91 bits per heavy atom. The third-order valence-electron chi connectivity index (χ3n) is 6.73. The molecule has 2 aromatic rings. The molecule has 1 aromatic heterocycles. The van der Waals surface area contributed by atoms with Gasteiger partial charge in [-0.15, -0.1) is 0 Å². The lowest BCUT2D eigenvalue weighted by molar-refractivity contribution is -0.140. The quantitative estimate of drug-likeness (QED) is 0.551. The molecule has 6 nitrogen and oxygen atoms in total. The number of piperidine rings is 1. The highest BCUT2D eigenvalue weighted by Gasteiger charge is 2.38. The third-order valence-corrected chi connectivity index (χ3v) is 6.73. The summed E-state index contributed by atoms with van der Waals surface area (Å²) < 4.78 is 57.3. The lowest BCUT2D eigenvalue weighted by Gasteiger charge is -2.39. The van der Waals surface area contributed by atoms with Crippen molar-refractivity contribution >= 4 is 6.29 Å². The molecule has 3 aliphatic rings. The number of aromatic amines is 1. The summed E-state index contributed by atoms with van der Waals surface area (Å²) in [4.78, 5) is 15.2. The van der Waals surface area contributed by atoms with Gasteiger partial charge in [-0.05, 0) is 56.9 Å². The fourth-order valence-electron chi connectivity index (χ4n) is 4.71. The minimum absolute atomic E-state index is 0.107. The van der Waals surface area contributed by atoms with Gasteiger partial charge in [0, 0.05) is 18.7 Å². The first-order valence-electron chi connectivity index (χ1n) is 11.1. The molecule has 0 unspecified atom stereocenters. The molecule has 0 spiro atoms. The molecule has 33 heavy (non-hydrogen) atoms.